The summed E-state index contributed by atoms with van der Waals surface area (Å²) >= 11 is 7.90. The Kier molecular flexibility index (Phi) is 26.8. The fraction of sp³-hybridized carbons (Fsp3) is 0.362. The zero-order valence-corrected chi connectivity index (χ0v) is 76.7. The summed E-state index contributed by atoms with van der Waals surface area (Å²) in [5.41, 5.74) is 8.24. The Labute approximate surface area is 721 Å². The van der Waals surface area contributed by atoms with E-state index in [4.69, 9.17) is 26.5 Å². The quantitative estimate of drug-likeness (QED) is 0.0118. The number of hydrogen-bond donors (Lipinski definition) is 0. The predicted molar refractivity (Wildman–Crippen MR) is 494 cm³/mol. The molecule has 0 radical (unpaired) electrons. The van der Waals surface area contributed by atoms with Crippen LogP contribution in [0, 0.1) is 74.5 Å². The number of carbonyl (C=O) groups is 2. The van der Waals surface area contributed by atoms with Gasteiger partial charge in [0.05, 0.1) is 75.2 Å². The van der Waals surface area contributed by atoms with Gasteiger partial charge in [-0.1, -0.05) is 160 Å². The molecule has 0 N–H and O–H groups in total. The van der Waals surface area contributed by atoms with Gasteiger partial charge in [0, 0.05) is 78.2 Å². The van der Waals surface area contributed by atoms with Gasteiger partial charge >= 0.3 is 8.56 Å². The molecule has 0 bridgehead atoms. The van der Waals surface area contributed by atoms with Crippen molar-refractivity contribution < 1.29 is 44.9 Å². The fourth-order valence-electron chi connectivity index (χ4n) is 17.1. The number of thiophene rings is 4. The second kappa shape index (κ2) is 37.0. The van der Waals surface area contributed by atoms with Crippen molar-refractivity contribution in [2.45, 2.75) is 202 Å². The SMILES string of the molecule is CCCCCCOc1ccc(-c2c(/C=C/C=C3\C(=O)c4cc(F)c(F)cc4C3=C(C#N)C#N)sc3c2sc2c4c5nsnc5c5c6sc7c(-c8ccc(OCCCCCC)cc8)c(/C=C/C=C8\C(=O)c9cc(F)c(F)cc9C8=C(C#N)C#N)sc7c6n(CCC(CC)CCCC)c5c4n(CCCCCC[Si](C)(O[Si](C)(C)C)O[Si](C)(C)C)c32)cc1. The smallest absolute Gasteiger partial charge is 0.314 e. The molecule has 0 fully saturated rings. The third-order valence-electron chi connectivity index (χ3n) is 22.3. The van der Waals surface area contributed by atoms with Crippen molar-refractivity contribution in [2.75, 3.05) is 13.2 Å². The number of benzene rings is 5. The number of ether oxygens (including phenoxy) is 2. The number of Topliss-reactive ketones (excluding diaryl/α,β-unsaturated/α-hetero) is 2. The first-order valence-corrected chi connectivity index (χ1v) is 55.0. The number of carbonyl (C=O) groups excluding carboxylic acids is 2. The van der Waals surface area contributed by atoms with Crippen molar-refractivity contribution in [2.24, 2.45) is 5.92 Å². The molecule has 1 unspecified atom stereocenters. The van der Waals surface area contributed by atoms with Crippen LogP contribution in [0.3, 0.4) is 0 Å². The predicted octanol–water partition coefficient (Wildman–Crippen LogP) is 28.5. The zero-order valence-electron chi connectivity index (χ0n) is 69.6. The van der Waals surface area contributed by atoms with Crippen LogP contribution in [0.5, 0.6) is 11.5 Å². The van der Waals surface area contributed by atoms with E-state index in [1.165, 1.54) is 23.9 Å². The highest BCUT2D eigenvalue weighted by atomic mass is 32.1. The van der Waals surface area contributed by atoms with Gasteiger partial charge in [0.2, 0.25) is 0 Å². The number of fused-ring (bicyclic) bond motifs is 16. The Balaban J connectivity index is 1.01. The number of ketones is 2. The maximum Gasteiger partial charge on any atom is 0.314 e. The molecule has 14 rings (SSSR count). The highest BCUT2D eigenvalue weighted by Crippen LogP contribution is 2.57. The lowest BCUT2D eigenvalue weighted by Gasteiger charge is -2.38. The van der Waals surface area contributed by atoms with Gasteiger partial charge in [-0.05, 0) is 166 Å². The van der Waals surface area contributed by atoms with Crippen molar-refractivity contribution in [3.63, 3.8) is 0 Å². The largest absolute Gasteiger partial charge is 0.494 e. The molecule has 0 saturated carbocycles. The molecule has 0 aliphatic heterocycles. The molecule has 12 aromatic rings. The van der Waals surface area contributed by atoms with Crippen LogP contribution in [0.25, 0.3) is 118 Å². The normalized spacial score (nSPS) is 14.3. The van der Waals surface area contributed by atoms with E-state index in [0.29, 0.717) is 32.2 Å². The van der Waals surface area contributed by atoms with Crippen molar-refractivity contribution in [3.8, 4) is 58.0 Å². The van der Waals surface area contributed by atoms with E-state index in [1.807, 2.05) is 60.7 Å². The molecular weight excluding hydrogens is 1660 g/mol. The second-order valence-corrected chi connectivity index (χ2v) is 50.7. The monoisotopic (exact) mass is 1750 g/mol. The average Bonchev–Trinajstić information content (AvgIpc) is 1.50. The number of nitriles is 4. The lowest BCUT2D eigenvalue weighted by molar-refractivity contribution is 0.103. The molecule has 2 aliphatic carbocycles. The number of nitrogens with zero attached hydrogens (tertiary/aromatic N) is 8. The summed E-state index contributed by atoms with van der Waals surface area (Å²) in [5, 5.41) is 43.1. The van der Waals surface area contributed by atoms with Gasteiger partial charge in [-0.15, -0.1) is 45.3 Å². The van der Waals surface area contributed by atoms with E-state index in [0.717, 1.165) is 255 Å². The summed E-state index contributed by atoms with van der Waals surface area (Å²) < 4.78 is 109. The number of unbranched alkanes of at least 4 members (excludes halogenated alkanes) is 10. The second-order valence-electron chi connectivity index (χ2n) is 33.2. The van der Waals surface area contributed by atoms with Crippen LogP contribution in [-0.4, -0.2) is 67.9 Å². The van der Waals surface area contributed by atoms with Gasteiger partial charge in [0.25, 0.3) is 0 Å². The van der Waals surface area contributed by atoms with Crippen LogP contribution in [0.2, 0.25) is 51.9 Å². The summed E-state index contributed by atoms with van der Waals surface area (Å²) in [7, 11) is -6.50. The lowest BCUT2D eigenvalue weighted by atomic mass is 9.96. The number of allylic oxidation sites excluding steroid dienone is 10. The summed E-state index contributed by atoms with van der Waals surface area (Å²) in [6.45, 7) is 27.1. The molecule has 0 saturated heterocycles. The molecule has 2 aliphatic rings. The molecule has 1 atom stereocenters. The Morgan fingerprint density at radius 2 is 0.883 bits per heavy atom. The topological polar surface area (TPSA) is 202 Å². The maximum atomic E-state index is 15.1. The number of aryl methyl sites for hydroxylation is 2. The molecule has 26 heteroatoms. The van der Waals surface area contributed by atoms with Gasteiger partial charge in [-0.3, -0.25) is 9.59 Å². The Hall–Kier alpha value is -9.53. The van der Waals surface area contributed by atoms with E-state index < -0.39 is 71.2 Å². The number of hydrogen-bond acceptors (Lipinski definition) is 17. The fourth-order valence-corrected chi connectivity index (χ4v) is 36.1. The van der Waals surface area contributed by atoms with Crippen LogP contribution in [-0.2, 0) is 21.3 Å². The Morgan fingerprint density at radius 3 is 1.29 bits per heavy atom. The first-order valence-electron chi connectivity index (χ1n) is 41.7. The molecule has 14 nitrogen and oxygen atoms in total. The Bertz CT molecular complexity index is 6360. The Morgan fingerprint density at radius 1 is 0.475 bits per heavy atom. The van der Waals surface area contributed by atoms with Crippen molar-refractivity contribution in [1.82, 2.24) is 17.9 Å². The third-order valence-corrected chi connectivity index (χ3v) is 37.5. The number of aromatic nitrogens is 4. The first kappa shape index (κ1) is 86.8. The van der Waals surface area contributed by atoms with Gasteiger partial charge in [-0.2, -0.15) is 29.8 Å². The van der Waals surface area contributed by atoms with Gasteiger partial charge in [0.15, 0.2) is 51.5 Å². The minimum Gasteiger partial charge on any atom is -0.494 e. The standard InChI is InChI=1S/C94H96F4N8O6S5Si3/c1-12-16-19-24-45-109-61-38-34-57(35-39-61)77-73(32-27-30-63-75(59(52-99)53-100)65-48-69(95)71(97)50-67(65)87(63)107)113-93-85-89(115-91(77)93)79-81-82(104-117-103-81)80-84(83(79)105(85)43-23-21-22-26-47-120(11,111-118(5,6)7)112-119(8,9)10)106(44-42-56(15-4)29-18-14-3)86-90(80)116-92-78(58-36-40-62(41-37-58)110-46-25-20-17-13-2)74(114-94(86)92)33-28-31-64-76(60(54-101)55-102)66-49-70(96)72(98)51-68(66)88(64)108/h27-28,30-41,48-51,56H,12-26,29,42-47H2,1-11H3/b32-27+,33-28+,63-30-,64-31-. The molecule has 120 heavy (non-hydrogen) atoms. The van der Waals surface area contributed by atoms with E-state index in [9.17, 15) is 39.4 Å². The van der Waals surface area contributed by atoms with E-state index in [2.05, 4.69) is 107 Å². The summed E-state index contributed by atoms with van der Waals surface area (Å²) in [5.74, 6) is -4.25. The van der Waals surface area contributed by atoms with E-state index >= 15 is 8.78 Å². The molecular formula is C94H96F4N8O6S5Si3. The first-order chi connectivity index (χ1) is 57.8. The van der Waals surface area contributed by atoms with Gasteiger partial charge in [-0.25, -0.2) is 17.6 Å². The van der Waals surface area contributed by atoms with Crippen LogP contribution in [0.1, 0.15) is 178 Å². The third kappa shape index (κ3) is 17.5. The summed E-state index contributed by atoms with van der Waals surface area (Å²) in [6, 6.07) is 28.2. The van der Waals surface area contributed by atoms with Crippen LogP contribution in [0.15, 0.2) is 119 Å². The highest BCUT2D eigenvalue weighted by Gasteiger charge is 2.41. The van der Waals surface area contributed by atoms with Crippen LogP contribution >= 0.6 is 57.1 Å². The van der Waals surface area contributed by atoms with Gasteiger partial charge < -0.3 is 26.8 Å². The minimum absolute atomic E-state index is 0.0243. The molecule has 0 amide bonds. The zero-order chi connectivity index (χ0) is 85.1. The van der Waals surface area contributed by atoms with E-state index in [1.54, 1.807) is 57.5 Å². The summed E-state index contributed by atoms with van der Waals surface area (Å²) in [6.07, 6.45) is 27.6. The highest BCUT2D eigenvalue weighted by molar-refractivity contribution is 7.35. The molecule has 7 heterocycles. The molecule has 618 valence electrons. The van der Waals surface area contributed by atoms with Crippen LogP contribution < -0.4 is 9.47 Å². The van der Waals surface area contributed by atoms with E-state index in [-0.39, 0.29) is 44.5 Å². The average molecular weight is 1750 g/mol. The molecule has 0 spiro atoms. The molecule has 7 aromatic heterocycles. The number of rotatable bonds is 36. The van der Waals surface area contributed by atoms with Crippen molar-refractivity contribution in [1.29, 1.82) is 21.0 Å². The van der Waals surface area contributed by atoms with Gasteiger partial charge in [0.1, 0.15) is 58.0 Å². The van der Waals surface area contributed by atoms with Crippen molar-refractivity contribution >= 4 is 189 Å². The lowest BCUT2D eigenvalue weighted by Crippen LogP contribution is -2.52. The molecule has 5 aromatic carbocycles. The minimum atomic E-state index is -2.55. The number of halogens is 4. The summed E-state index contributed by atoms with van der Waals surface area (Å²) in [4.78, 5) is 30.4. The van der Waals surface area contributed by atoms with Crippen molar-refractivity contribution in [3.05, 3.63) is 175 Å². The van der Waals surface area contributed by atoms with Crippen LogP contribution in [0.4, 0.5) is 17.6 Å². The maximum absolute atomic E-state index is 15.1.